The van der Waals surface area contributed by atoms with Gasteiger partial charge in [-0.2, -0.15) is 0 Å². The van der Waals surface area contributed by atoms with Crippen LogP contribution in [-0.4, -0.2) is 20.5 Å². The Morgan fingerprint density at radius 1 is 1.30 bits per heavy atom. The van der Waals surface area contributed by atoms with E-state index in [1.807, 2.05) is 6.07 Å². The number of sulfonamides is 1. The number of ether oxygens (including phenoxy) is 1. The van der Waals surface area contributed by atoms with Crippen LogP contribution in [-0.2, 0) is 10.0 Å². The molecule has 0 amide bonds. The molecule has 2 aromatic carbocycles. The molecule has 0 spiro atoms. The van der Waals surface area contributed by atoms with Crippen molar-refractivity contribution >= 4 is 48.3 Å². The summed E-state index contributed by atoms with van der Waals surface area (Å²) < 4.78 is 46.2. The molecular weight excluding hydrogens is 363 g/mol. The fraction of sp³-hybridized carbons (Fsp3) is 0.0714. The number of hydrogen-bond acceptors (Lipinski definition) is 5. The van der Waals surface area contributed by atoms with Crippen molar-refractivity contribution in [1.82, 2.24) is 4.98 Å². The highest BCUT2D eigenvalue weighted by molar-refractivity contribution is 7.93. The van der Waals surface area contributed by atoms with Gasteiger partial charge in [-0.3, -0.25) is 4.72 Å². The van der Waals surface area contributed by atoms with Gasteiger partial charge < -0.3 is 4.74 Å². The zero-order valence-electron chi connectivity index (χ0n) is 11.7. The lowest BCUT2D eigenvalue weighted by Gasteiger charge is -2.05. The van der Waals surface area contributed by atoms with Crippen molar-refractivity contribution in [3.8, 4) is 5.75 Å². The molecule has 0 saturated heterocycles. The van der Waals surface area contributed by atoms with Gasteiger partial charge in [0.25, 0.3) is 10.0 Å². The van der Waals surface area contributed by atoms with Crippen molar-refractivity contribution in [2.24, 2.45) is 0 Å². The summed E-state index contributed by atoms with van der Waals surface area (Å²) in [6.07, 6.45) is 0. The topological polar surface area (TPSA) is 68.3 Å². The molecule has 23 heavy (non-hydrogen) atoms. The van der Waals surface area contributed by atoms with Gasteiger partial charge in [0.1, 0.15) is 17.1 Å². The van der Waals surface area contributed by atoms with E-state index in [4.69, 9.17) is 16.3 Å². The van der Waals surface area contributed by atoms with Gasteiger partial charge in [-0.15, -0.1) is 0 Å². The second-order valence-electron chi connectivity index (χ2n) is 4.51. The fourth-order valence-corrected chi connectivity index (χ4v) is 4.34. The number of anilines is 1. The molecule has 0 atom stereocenters. The number of hydrogen-bond donors (Lipinski definition) is 1. The molecule has 5 nitrogen and oxygen atoms in total. The van der Waals surface area contributed by atoms with Gasteiger partial charge in [-0.05, 0) is 30.3 Å². The Morgan fingerprint density at radius 3 is 2.78 bits per heavy atom. The van der Waals surface area contributed by atoms with Crippen LogP contribution in [0.15, 0.2) is 41.3 Å². The number of nitrogens with one attached hydrogen (secondary N) is 1. The first kappa shape index (κ1) is 16.0. The number of methoxy groups -OCH3 is 1. The summed E-state index contributed by atoms with van der Waals surface area (Å²) in [6, 6.07) is 8.52. The van der Waals surface area contributed by atoms with Gasteiger partial charge in [-0.1, -0.05) is 29.0 Å². The quantitative estimate of drug-likeness (QED) is 0.754. The van der Waals surface area contributed by atoms with Crippen LogP contribution in [0.2, 0.25) is 5.02 Å². The Labute approximate surface area is 140 Å². The highest BCUT2D eigenvalue weighted by atomic mass is 35.5. The predicted octanol–water partition coefficient (Wildman–Crippen LogP) is 3.90. The summed E-state index contributed by atoms with van der Waals surface area (Å²) in [5.74, 6) is -0.135. The summed E-state index contributed by atoms with van der Waals surface area (Å²) >= 11 is 6.80. The summed E-state index contributed by atoms with van der Waals surface area (Å²) in [5, 5.41) is -0.0798. The molecule has 9 heteroatoms. The molecule has 3 rings (SSSR count). The minimum absolute atomic E-state index is 0.143. The van der Waals surface area contributed by atoms with Crippen molar-refractivity contribution in [3.05, 3.63) is 47.2 Å². The van der Waals surface area contributed by atoms with Crippen LogP contribution in [0.1, 0.15) is 0 Å². The summed E-state index contributed by atoms with van der Waals surface area (Å²) in [6.45, 7) is 0. The van der Waals surface area contributed by atoms with E-state index in [0.29, 0.717) is 11.3 Å². The summed E-state index contributed by atoms with van der Waals surface area (Å²) in [7, 11) is -2.40. The maximum Gasteiger partial charge on any atom is 0.263 e. The smallest absolute Gasteiger partial charge is 0.263 e. The first-order chi connectivity index (χ1) is 10.9. The van der Waals surface area contributed by atoms with Gasteiger partial charge >= 0.3 is 0 Å². The lowest BCUT2D eigenvalue weighted by molar-refractivity contribution is 0.419. The normalized spacial score (nSPS) is 11.6. The highest BCUT2D eigenvalue weighted by Crippen LogP contribution is 2.33. The third-order valence-electron chi connectivity index (χ3n) is 3.02. The Kier molecular flexibility index (Phi) is 4.13. The van der Waals surface area contributed by atoms with Crippen LogP contribution in [0.25, 0.3) is 10.2 Å². The van der Waals surface area contributed by atoms with Gasteiger partial charge in [0.2, 0.25) is 0 Å². The SMILES string of the molecule is COc1cccc2sc(NS(=O)(=O)c3ccc(F)c(Cl)c3)nc12. The second kappa shape index (κ2) is 5.95. The molecule has 0 aliphatic rings. The zero-order chi connectivity index (χ0) is 16.6. The van der Waals surface area contributed by atoms with E-state index in [0.717, 1.165) is 22.9 Å². The standard InChI is InChI=1S/C14H10ClFN2O3S2/c1-21-11-3-2-4-12-13(11)17-14(22-12)18-23(19,20)8-5-6-10(16)9(15)7-8/h2-7H,1H3,(H,17,18). The largest absolute Gasteiger partial charge is 0.494 e. The van der Waals surface area contributed by atoms with Gasteiger partial charge in [-0.25, -0.2) is 17.8 Å². The molecule has 120 valence electrons. The van der Waals surface area contributed by atoms with E-state index in [1.54, 1.807) is 12.1 Å². The average molecular weight is 373 g/mol. The van der Waals surface area contributed by atoms with E-state index in [1.165, 1.54) is 18.4 Å². The minimum Gasteiger partial charge on any atom is -0.494 e. The lowest BCUT2D eigenvalue weighted by atomic mass is 10.3. The number of para-hydroxylation sites is 1. The molecule has 1 N–H and O–H groups in total. The van der Waals surface area contributed by atoms with Crippen LogP contribution in [0.3, 0.4) is 0 Å². The highest BCUT2D eigenvalue weighted by Gasteiger charge is 2.19. The van der Waals surface area contributed by atoms with E-state index in [9.17, 15) is 12.8 Å². The summed E-state index contributed by atoms with van der Waals surface area (Å²) in [5.41, 5.74) is 0.565. The molecule has 0 radical (unpaired) electrons. The molecule has 3 aromatic rings. The Morgan fingerprint density at radius 2 is 2.09 bits per heavy atom. The van der Waals surface area contributed by atoms with Gasteiger partial charge in [0.05, 0.1) is 21.7 Å². The third-order valence-corrected chi connectivity index (χ3v) is 5.72. The number of thiazole rings is 1. The molecule has 0 saturated carbocycles. The number of halogens is 2. The van der Waals surface area contributed by atoms with Gasteiger partial charge in [0.15, 0.2) is 5.13 Å². The molecule has 0 unspecified atom stereocenters. The number of aromatic nitrogens is 1. The van der Waals surface area contributed by atoms with Crippen LogP contribution < -0.4 is 9.46 Å². The number of rotatable bonds is 4. The Bertz CT molecular complexity index is 989. The Balaban J connectivity index is 1.98. The van der Waals surface area contributed by atoms with Crippen LogP contribution in [0.5, 0.6) is 5.75 Å². The van der Waals surface area contributed by atoms with Gasteiger partial charge in [0, 0.05) is 0 Å². The van der Waals surface area contributed by atoms with Crippen molar-refractivity contribution in [2.45, 2.75) is 4.90 Å². The molecular formula is C14H10ClFN2O3S2. The number of nitrogens with zero attached hydrogens (tertiary/aromatic N) is 1. The molecule has 0 aliphatic heterocycles. The van der Waals surface area contributed by atoms with Crippen LogP contribution >= 0.6 is 22.9 Å². The van der Waals surface area contributed by atoms with Crippen molar-refractivity contribution < 1.29 is 17.5 Å². The van der Waals surface area contributed by atoms with E-state index in [2.05, 4.69) is 9.71 Å². The first-order valence-corrected chi connectivity index (χ1v) is 9.00. The third kappa shape index (κ3) is 3.10. The first-order valence-electron chi connectivity index (χ1n) is 6.32. The van der Waals surface area contributed by atoms with E-state index in [-0.39, 0.29) is 15.0 Å². The van der Waals surface area contributed by atoms with E-state index < -0.39 is 15.8 Å². The second-order valence-corrected chi connectivity index (χ2v) is 7.63. The molecule has 0 fully saturated rings. The fourth-order valence-electron chi connectivity index (χ4n) is 1.95. The van der Waals surface area contributed by atoms with Crippen molar-refractivity contribution in [2.75, 3.05) is 11.8 Å². The lowest BCUT2D eigenvalue weighted by Crippen LogP contribution is -2.12. The minimum atomic E-state index is -3.91. The summed E-state index contributed by atoms with van der Waals surface area (Å²) in [4.78, 5) is 4.09. The molecule has 1 heterocycles. The Hall–Kier alpha value is -1.90. The molecule has 0 bridgehead atoms. The number of benzene rings is 2. The molecule has 0 aliphatic carbocycles. The monoisotopic (exact) mass is 372 g/mol. The predicted molar refractivity (Wildman–Crippen MR) is 88.4 cm³/mol. The number of fused-ring (bicyclic) bond motifs is 1. The zero-order valence-corrected chi connectivity index (χ0v) is 14.1. The van der Waals surface area contributed by atoms with Crippen LogP contribution in [0, 0.1) is 5.82 Å². The maximum atomic E-state index is 13.2. The van der Waals surface area contributed by atoms with Crippen molar-refractivity contribution in [1.29, 1.82) is 0 Å². The van der Waals surface area contributed by atoms with Crippen molar-refractivity contribution in [3.63, 3.8) is 0 Å². The van der Waals surface area contributed by atoms with E-state index >= 15 is 0 Å². The maximum absolute atomic E-state index is 13.2. The van der Waals surface area contributed by atoms with Crippen LogP contribution in [0.4, 0.5) is 9.52 Å². The average Bonchev–Trinajstić information content (AvgIpc) is 2.91. The molecule has 1 aromatic heterocycles.